The van der Waals surface area contributed by atoms with Gasteiger partial charge in [-0.05, 0) is 57.9 Å². The SMILES string of the molecule is CN(CCCN(C)Cc1cc2ccccc2o1)Cc1cc2ccccc2o1. The van der Waals surface area contributed by atoms with Crippen molar-refractivity contribution in [1.82, 2.24) is 9.80 Å². The monoisotopic (exact) mass is 362 g/mol. The summed E-state index contributed by atoms with van der Waals surface area (Å²) >= 11 is 0. The number of nitrogens with zero attached hydrogens (tertiary/aromatic N) is 2. The summed E-state index contributed by atoms with van der Waals surface area (Å²) in [7, 11) is 4.29. The second-order valence-electron chi connectivity index (χ2n) is 7.33. The molecule has 4 heteroatoms. The molecule has 0 saturated carbocycles. The summed E-state index contributed by atoms with van der Waals surface area (Å²) in [6, 6.07) is 20.6. The van der Waals surface area contributed by atoms with Gasteiger partial charge in [-0.3, -0.25) is 9.80 Å². The fraction of sp³-hybridized carbons (Fsp3) is 0.304. The molecule has 0 aliphatic carbocycles. The molecule has 0 atom stereocenters. The van der Waals surface area contributed by atoms with Gasteiger partial charge in [0.1, 0.15) is 22.7 Å². The summed E-state index contributed by atoms with van der Waals surface area (Å²) in [4.78, 5) is 4.62. The molecule has 0 amide bonds. The van der Waals surface area contributed by atoms with Gasteiger partial charge in [0.05, 0.1) is 13.1 Å². The lowest BCUT2D eigenvalue weighted by molar-refractivity contribution is 0.250. The van der Waals surface area contributed by atoms with Crippen LogP contribution in [0.15, 0.2) is 69.5 Å². The molecule has 0 N–H and O–H groups in total. The first-order valence-electron chi connectivity index (χ1n) is 9.49. The van der Waals surface area contributed by atoms with Crippen LogP contribution in [-0.4, -0.2) is 37.0 Å². The van der Waals surface area contributed by atoms with Gasteiger partial charge in [0.2, 0.25) is 0 Å². The molecule has 0 fully saturated rings. The van der Waals surface area contributed by atoms with Crippen LogP contribution in [0.3, 0.4) is 0 Å². The number of fused-ring (bicyclic) bond motifs is 2. The van der Waals surface area contributed by atoms with Gasteiger partial charge in [0.25, 0.3) is 0 Å². The van der Waals surface area contributed by atoms with Crippen LogP contribution in [-0.2, 0) is 13.1 Å². The Balaban J connectivity index is 1.23. The van der Waals surface area contributed by atoms with E-state index < -0.39 is 0 Å². The van der Waals surface area contributed by atoms with Crippen LogP contribution in [0.4, 0.5) is 0 Å². The summed E-state index contributed by atoms with van der Waals surface area (Å²) in [5.41, 5.74) is 1.93. The fourth-order valence-corrected chi connectivity index (χ4v) is 3.53. The second kappa shape index (κ2) is 7.99. The first-order valence-corrected chi connectivity index (χ1v) is 9.49. The summed E-state index contributed by atoms with van der Waals surface area (Å²) in [5.74, 6) is 2.05. The van der Waals surface area contributed by atoms with Crippen molar-refractivity contribution >= 4 is 21.9 Å². The van der Waals surface area contributed by atoms with Crippen molar-refractivity contribution in [1.29, 1.82) is 0 Å². The maximum absolute atomic E-state index is 5.91. The highest BCUT2D eigenvalue weighted by Gasteiger charge is 2.09. The third-order valence-electron chi connectivity index (χ3n) is 4.88. The quantitative estimate of drug-likeness (QED) is 0.435. The zero-order valence-corrected chi connectivity index (χ0v) is 16.0. The predicted octanol–water partition coefficient (Wildman–Crippen LogP) is 5.13. The summed E-state index contributed by atoms with van der Waals surface area (Å²) < 4.78 is 11.8. The number of hydrogen-bond acceptors (Lipinski definition) is 4. The molecule has 27 heavy (non-hydrogen) atoms. The Morgan fingerprint density at radius 3 is 1.56 bits per heavy atom. The summed E-state index contributed by atoms with van der Waals surface area (Å²) in [6.45, 7) is 3.73. The van der Waals surface area contributed by atoms with Gasteiger partial charge in [-0.2, -0.15) is 0 Å². The topological polar surface area (TPSA) is 32.8 Å². The molecule has 4 nitrogen and oxygen atoms in total. The van der Waals surface area contributed by atoms with E-state index in [1.807, 2.05) is 36.4 Å². The van der Waals surface area contributed by atoms with E-state index in [-0.39, 0.29) is 0 Å². The number of benzene rings is 2. The van der Waals surface area contributed by atoms with Crippen molar-refractivity contribution in [2.75, 3.05) is 27.2 Å². The molecular formula is C23H26N2O2. The highest BCUT2D eigenvalue weighted by Crippen LogP contribution is 2.21. The Labute approximate surface area is 160 Å². The molecule has 0 spiro atoms. The van der Waals surface area contributed by atoms with E-state index in [2.05, 4.69) is 48.2 Å². The average molecular weight is 362 g/mol. The van der Waals surface area contributed by atoms with Crippen molar-refractivity contribution in [3.63, 3.8) is 0 Å². The van der Waals surface area contributed by atoms with Crippen LogP contribution >= 0.6 is 0 Å². The van der Waals surface area contributed by atoms with Crippen LogP contribution < -0.4 is 0 Å². The molecule has 4 aromatic rings. The van der Waals surface area contributed by atoms with Crippen molar-refractivity contribution in [3.8, 4) is 0 Å². The molecule has 0 aliphatic rings. The van der Waals surface area contributed by atoms with Gasteiger partial charge < -0.3 is 8.83 Å². The number of para-hydroxylation sites is 2. The molecule has 0 bridgehead atoms. The van der Waals surface area contributed by atoms with E-state index >= 15 is 0 Å². The van der Waals surface area contributed by atoms with Crippen LogP contribution in [0.25, 0.3) is 21.9 Å². The van der Waals surface area contributed by atoms with Crippen LogP contribution in [0.1, 0.15) is 17.9 Å². The highest BCUT2D eigenvalue weighted by atomic mass is 16.3. The van der Waals surface area contributed by atoms with Gasteiger partial charge in [-0.25, -0.2) is 0 Å². The second-order valence-corrected chi connectivity index (χ2v) is 7.33. The lowest BCUT2D eigenvalue weighted by Gasteiger charge is -2.19. The molecule has 0 aliphatic heterocycles. The zero-order chi connectivity index (χ0) is 18.6. The number of furan rings is 2. The highest BCUT2D eigenvalue weighted by molar-refractivity contribution is 5.78. The standard InChI is InChI=1S/C23H26N2O2/c1-24(16-20-14-18-8-3-5-10-22(18)26-20)12-7-13-25(2)17-21-15-19-9-4-6-11-23(19)27-21/h3-6,8-11,14-15H,7,12-13,16-17H2,1-2H3. The molecule has 2 aromatic heterocycles. The largest absolute Gasteiger partial charge is 0.460 e. The van der Waals surface area contributed by atoms with E-state index in [1.54, 1.807) is 0 Å². The molecule has 2 aromatic carbocycles. The first-order chi connectivity index (χ1) is 13.2. The van der Waals surface area contributed by atoms with Gasteiger partial charge in [0.15, 0.2) is 0 Å². The van der Waals surface area contributed by atoms with Gasteiger partial charge in [-0.1, -0.05) is 36.4 Å². The van der Waals surface area contributed by atoms with E-state index in [0.29, 0.717) is 0 Å². The maximum Gasteiger partial charge on any atom is 0.134 e. The van der Waals surface area contributed by atoms with Crippen LogP contribution in [0.5, 0.6) is 0 Å². The fourth-order valence-electron chi connectivity index (χ4n) is 3.53. The average Bonchev–Trinajstić information content (AvgIpc) is 3.23. The van der Waals surface area contributed by atoms with Crippen LogP contribution in [0.2, 0.25) is 0 Å². The van der Waals surface area contributed by atoms with E-state index in [9.17, 15) is 0 Å². The molecule has 140 valence electrons. The van der Waals surface area contributed by atoms with E-state index in [4.69, 9.17) is 8.83 Å². The van der Waals surface area contributed by atoms with Crippen molar-refractivity contribution in [2.24, 2.45) is 0 Å². The Morgan fingerprint density at radius 2 is 1.11 bits per heavy atom. The smallest absolute Gasteiger partial charge is 0.134 e. The van der Waals surface area contributed by atoms with Gasteiger partial charge in [-0.15, -0.1) is 0 Å². The summed E-state index contributed by atoms with van der Waals surface area (Å²) in [6.07, 6.45) is 1.10. The molecular weight excluding hydrogens is 336 g/mol. The third kappa shape index (κ3) is 4.41. The Bertz CT molecular complexity index is 869. The Hall–Kier alpha value is -2.56. The van der Waals surface area contributed by atoms with Crippen molar-refractivity contribution in [2.45, 2.75) is 19.5 Å². The minimum Gasteiger partial charge on any atom is -0.460 e. The van der Waals surface area contributed by atoms with Crippen LogP contribution in [0, 0.1) is 0 Å². The van der Waals surface area contributed by atoms with Gasteiger partial charge in [0, 0.05) is 10.8 Å². The minimum absolute atomic E-state index is 0.835. The van der Waals surface area contributed by atoms with E-state index in [1.165, 1.54) is 10.8 Å². The maximum atomic E-state index is 5.91. The molecule has 2 heterocycles. The number of rotatable bonds is 8. The number of hydrogen-bond donors (Lipinski definition) is 0. The Morgan fingerprint density at radius 1 is 0.667 bits per heavy atom. The molecule has 0 unspecified atom stereocenters. The summed E-state index contributed by atoms with van der Waals surface area (Å²) in [5, 5.41) is 2.35. The van der Waals surface area contributed by atoms with Crippen molar-refractivity contribution < 1.29 is 8.83 Å². The zero-order valence-electron chi connectivity index (χ0n) is 16.0. The van der Waals surface area contributed by atoms with Crippen molar-refractivity contribution in [3.05, 3.63) is 72.2 Å². The van der Waals surface area contributed by atoms with E-state index in [0.717, 1.165) is 55.3 Å². The first kappa shape index (κ1) is 17.8. The molecule has 4 rings (SSSR count). The van der Waals surface area contributed by atoms with Gasteiger partial charge >= 0.3 is 0 Å². The minimum atomic E-state index is 0.835. The molecule has 0 saturated heterocycles. The third-order valence-corrected chi connectivity index (χ3v) is 4.88. The normalized spacial score (nSPS) is 12.0. The predicted molar refractivity (Wildman–Crippen MR) is 110 cm³/mol. The lowest BCUT2D eigenvalue weighted by Crippen LogP contribution is -2.25. The Kier molecular flexibility index (Phi) is 5.28. The lowest BCUT2D eigenvalue weighted by atomic mass is 10.2. The molecule has 0 radical (unpaired) electrons.